The summed E-state index contributed by atoms with van der Waals surface area (Å²) in [6.07, 6.45) is 3.39. The SMILES string of the molecule is CCN(C(=O)OC(C)(C)C)C1CCc2c(-c3cnc(-c4ccc(OC(C)C)c(C#N)c4)s3)cccc21. The summed E-state index contributed by atoms with van der Waals surface area (Å²) in [5.74, 6) is 0.588. The van der Waals surface area contributed by atoms with Crippen LogP contribution in [0.4, 0.5) is 4.79 Å². The van der Waals surface area contributed by atoms with Gasteiger partial charge in [0.05, 0.1) is 22.6 Å². The topological polar surface area (TPSA) is 75.5 Å². The van der Waals surface area contributed by atoms with E-state index in [4.69, 9.17) is 9.47 Å². The predicted octanol–water partition coefficient (Wildman–Crippen LogP) is 7.38. The predicted molar refractivity (Wildman–Crippen MR) is 143 cm³/mol. The zero-order valence-electron chi connectivity index (χ0n) is 21.8. The molecule has 1 aromatic heterocycles. The van der Waals surface area contributed by atoms with E-state index in [-0.39, 0.29) is 18.2 Å². The molecule has 0 fully saturated rings. The number of fused-ring (bicyclic) bond motifs is 1. The second-order valence-corrected chi connectivity index (χ2v) is 11.2. The first-order valence-electron chi connectivity index (χ1n) is 12.4. The molecule has 2 aromatic carbocycles. The van der Waals surface area contributed by atoms with E-state index < -0.39 is 5.60 Å². The van der Waals surface area contributed by atoms with Crippen molar-refractivity contribution >= 4 is 17.4 Å². The molecular weight excluding hydrogens is 470 g/mol. The van der Waals surface area contributed by atoms with Crippen molar-refractivity contribution in [3.8, 4) is 32.8 Å². The molecule has 0 spiro atoms. The maximum absolute atomic E-state index is 12.9. The number of nitriles is 1. The van der Waals surface area contributed by atoms with Gasteiger partial charge < -0.3 is 14.4 Å². The molecule has 0 bridgehead atoms. The molecule has 7 heteroatoms. The third-order valence-corrected chi connectivity index (χ3v) is 7.14. The number of nitrogens with zero attached hydrogens (tertiary/aromatic N) is 3. The molecule has 1 amide bonds. The van der Waals surface area contributed by atoms with Crippen LogP contribution in [0.15, 0.2) is 42.6 Å². The fraction of sp³-hybridized carbons (Fsp3) is 0.414. The summed E-state index contributed by atoms with van der Waals surface area (Å²) in [4.78, 5) is 20.5. The third kappa shape index (κ3) is 5.39. The molecular formula is C29H33N3O3S. The lowest BCUT2D eigenvalue weighted by Gasteiger charge is -2.31. The van der Waals surface area contributed by atoms with Crippen molar-refractivity contribution in [3.63, 3.8) is 0 Å². The van der Waals surface area contributed by atoms with Gasteiger partial charge in [-0.05, 0) is 89.3 Å². The van der Waals surface area contributed by atoms with E-state index >= 15 is 0 Å². The largest absolute Gasteiger partial charge is 0.490 e. The Morgan fingerprint density at radius 1 is 1.28 bits per heavy atom. The van der Waals surface area contributed by atoms with Crippen molar-refractivity contribution in [2.45, 2.75) is 72.1 Å². The van der Waals surface area contributed by atoms with Gasteiger partial charge in [0, 0.05) is 18.3 Å². The van der Waals surface area contributed by atoms with Crippen LogP contribution in [0.25, 0.3) is 21.0 Å². The van der Waals surface area contributed by atoms with Crippen LogP contribution in [0, 0.1) is 11.3 Å². The van der Waals surface area contributed by atoms with Gasteiger partial charge in [0.25, 0.3) is 0 Å². The summed E-state index contributed by atoms with van der Waals surface area (Å²) in [6.45, 7) is 12.2. The lowest BCUT2D eigenvalue weighted by Crippen LogP contribution is -2.38. The highest BCUT2D eigenvalue weighted by molar-refractivity contribution is 7.18. The maximum Gasteiger partial charge on any atom is 0.410 e. The van der Waals surface area contributed by atoms with Gasteiger partial charge >= 0.3 is 6.09 Å². The van der Waals surface area contributed by atoms with E-state index in [1.807, 2.05) is 70.8 Å². The number of hydrogen-bond donors (Lipinski definition) is 0. The Morgan fingerprint density at radius 2 is 2.06 bits per heavy atom. The van der Waals surface area contributed by atoms with E-state index in [1.54, 1.807) is 11.3 Å². The summed E-state index contributed by atoms with van der Waals surface area (Å²) in [5, 5.41) is 10.5. The van der Waals surface area contributed by atoms with Crippen molar-refractivity contribution in [2.24, 2.45) is 0 Å². The third-order valence-electron chi connectivity index (χ3n) is 6.06. The number of thiazole rings is 1. The average Bonchev–Trinajstić information content (AvgIpc) is 3.46. The molecule has 6 nitrogen and oxygen atoms in total. The number of benzene rings is 2. The standard InChI is InChI=1S/C29H33N3O3S/c1-7-32(28(33)35-29(4,5)6)24-13-12-21-22(24)9-8-10-23(21)26-17-31-27(36-26)19-11-14-25(34-18(2)3)20(15-19)16-30/h8-11,14-15,17-18,24H,7,12-13H2,1-6H3. The van der Waals surface area contributed by atoms with Crippen molar-refractivity contribution in [3.05, 3.63) is 59.3 Å². The Morgan fingerprint density at radius 3 is 2.72 bits per heavy atom. The van der Waals surface area contributed by atoms with Crippen molar-refractivity contribution in [2.75, 3.05) is 6.54 Å². The average molecular weight is 504 g/mol. The van der Waals surface area contributed by atoms with Gasteiger partial charge in [-0.15, -0.1) is 11.3 Å². The number of carbonyl (C=O) groups excluding carboxylic acids is 1. The van der Waals surface area contributed by atoms with Crippen LogP contribution in [0.1, 0.15) is 70.7 Å². The molecule has 3 aromatic rings. The van der Waals surface area contributed by atoms with E-state index in [9.17, 15) is 10.1 Å². The monoisotopic (exact) mass is 503 g/mol. The van der Waals surface area contributed by atoms with Crippen LogP contribution in [-0.2, 0) is 11.2 Å². The molecule has 188 valence electrons. The fourth-order valence-electron chi connectivity index (χ4n) is 4.62. The molecule has 0 N–H and O–H groups in total. The molecule has 1 unspecified atom stereocenters. The first-order valence-corrected chi connectivity index (χ1v) is 13.2. The molecule has 1 heterocycles. The van der Waals surface area contributed by atoms with Gasteiger partial charge in [-0.25, -0.2) is 9.78 Å². The van der Waals surface area contributed by atoms with Gasteiger partial charge in [-0.3, -0.25) is 0 Å². The zero-order valence-corrected chi connectivity index (χ0v) is 22.6. The number of hydrogen-bond acceptors (Lipinski definition) is 6. The summed E-state index contributed by atoms with van der Waals surface area (Å²) in [5.41, 5.74) is 4.46. The van der Waals surface area contributed by atoms with Crippen LogP contribution >= 0.6 is 11.3 Å². The first-order chi connectivity index (χ1) is 17.1. The van der Waals surface area contributed by atoms with Gasteiger partial charge in [0.15, 0.2) is 0 Å². The highest BCUT2D eigenvalue weighted by Gasteiger charge is 2.34. The summed E-state index contributed by atoms with van der Waals surface area (Å²) < 4.78 is 11.4. The second-order valence-electron chi connectivity index (χ2n) is 10.2. The summed E-state index contributed by atoms with van der Waals surface area (Å²) in [7, 11) is 0. The normalized spacial score (nSPS) is 14.9. The van der Waals surface area contributed by atoms with Crippen LogP contribution in [0.2, 0.25) is 0 Å². The van der Waals surface area contributed by atoms with Crippen molar-refractivity contribution < 1.29 is 14.3 Å². The molecule has 1 atom stereocenters. The Labute approximate surface area is 217 Å². The Balaban J connectivity index is 1.63. The Hall–Kier alpha value is -3.37. The molecule has 4 rings (SSSR count). The molecule has 1 aliphatic rings. The number of amides is 1. The van der Waals surface area contributed by atoms with Gasteiger partial charge in [-0.1, -0.05) is 18.2 Å². The number of carbonyl (C=O) groups is 1. The van der Waals surface area contributed by atoms with Crippen molar-refractivity contribution in [1.82, 2.24) is 9.88 Å². The Kier molecular flexibility index (Phi) is 7.37. The zero-order chi connectivity index (χ0) is 26.0. The number of aromatic nitrogens is 1. The smallest absolute Gasteiger partial charge is 0.410 e. The molecule has 0 aliphatic heterocycles. The van der Waals surface area contributed by atoms with E-state index in [0.717, 1.165) is 33.9 Å². The Bertz CT molecular complexity index is 1300. The quantitative estimate of drug-likeness (QED) is 0.351. The fourth-order valence-corrected chi connectivity index (χ4v) is 5.59. The minimum absolute atomic E-state index is 0.00104. The molecule has 0 saturated carbocycles. The highest BCUT2D eigenvalue weighted by Crippen LogP contribution is 2.43. The lowest BCUT2D eigenvalue weighted by atomic mass is 10.0. The van der Waals surface area contributed by atoms with Crippen molar-refractivity contribution in [1.29, 1.82) is 5.26 Å². The maximum atomic E-state index is 12.9. The number of ether oxygens (including phenoxy) is 2. The molecule has 0 radical (unpaired) electrons. The minimum Gasteiger partial charge on any atom is -0.490 e. The first kappa shape index (κ1) is 25.7. The second kappa shape index (κ2) is 10.3. The molecule has 0 saturated heterocycles. The molecule has 36 heavy (non-hydrogen) atoms. The van der Waals surface area contributed by atoms with E-state index in [1.165, 1.54) is 11.1 Å². The molecule has 1 aliphatic carbocycles. The van der Waals surface area contributed by atoms with Gasteiger partial charge in [0.2, 0.25) is 0 Å². The van der Waals surface area contributed by atoms with Crippen LogP contribution in [0.5, 0.6) is 5.75 Å². The lowest BCUT2D eigenvalue weighted by molar-refractivity contribution is 0.0171. The van der Waals surface area contributed by atoms with E-state index in [0.29, 0.717) is 17.9 Å². The van der Waals surface area contributed by atoms with Crippen LogP contribution < -0.4 is 4.74 Å². The highest BCUT2D eigenvalue weighted by atomic mass is 32.1. The minimum atomic E-state index is -0.530. The van der Waals surface area contributed by atoms with Crippen LogP contribution in [0.3, 0.4) is 0 Å². The van der Waals surface area contributed by atoms with Crippen LogP contribution in [-0.4, -0.2) is 34.2 Å². The van der Waals surface area contributed by atoms with E-state index in [2.05, 4.69) is 29.3 Å². The van der Waals surface area contributed by atoms with Gasteiger partial charge in [-0.2, -0.15) is 5.26 Å². The van der Waals surface area contributed by atoms with Gasteiger partial charge in [0.1, 0.15) is 22.4 Å². The number of rotatable bonds is 6. The summed E-state index contributed by atoms with van der Waals surface area (Å²) >= 11 is 1.61. The summed E-state index contributed by atoms with van der Waals surface area (Å²) in [6, 6.07) is 14.2.